The van der Waals surface area contributed by atoms with Crippen LogP contribution in [0.2, 0.25) is 0 Å². The smallest absolute Gasteiger partial charge is 0.0110 e. The van der Waals surface area contributed by atoms with Crippen molar-refractivity contribution < 1.29 is 0 Å². The summed E-state index contributed by atoms with van der Waals surface area (Å²) in [6.07, 6.45) is 1.37. The number of nitrogens with one attached hydrogen (secondary N) is 1. The second kappa shape index (κ2) is 3.97. The number of piperidine rings is 2. The first kappa shape index (κ1) is 11.0. The van der Waals surface area contributed by atoms with Gasteiger partial charge < -0.3 is 15.1 Å². The monoisotopic (exact) mass is 223 g/mol. The summed E-state index contributed by atoms with van der Waals surface area (Å²) in [4.78, 5) is 5.43. The molecule has 0 aromatic rings. The lowest BCUT2D eigenvalue weighted by Crippen LogP contribution is -2.59. The molecule has 3 heteroatoms. The molecule has 4 saturated heterocycles. The molecule has 4 rings (SSSR count). The van der Waals surface area contributed by atoms with Crippen LogP contribution in [0.5, 0.6) is 0 Å². The largest absolute Gasteiger partial charge is 0.320 e. The number of fused-ring (bicyclic) bond motifs is 1. The second-order valence-corrected chi connectivity index (χ2v) is 6.38. The molecule has 4 heterocycles. The highest BCUT2D eigenvalue weighted by molar-refractivity contribution is 5.03. The maximum Gasteiger partial charge on any atom is 0.0110 e. The van der Waals surface area contributed by atoms with Gasteiger partial charge in [-0.25, -0.2) is 0 Å². The van der Waals surface area contributed by atoms with Crippen LogP contribution in [0.25, 0.3) is 0 Å². The molecule has 3 nitrogen and oxygen atoms in total. The van der Waals surface area contributed by atoms with Crippen molar-refractivity contribution >= 4 is 0 Å². The van der Waals surface area contributed by atoms with E-state index in [2.05, 4.69) is 29.1 Å². The minimum Gasteiger partial charge on any atom is -0.320 e. The Labute approximate surface area is 99.2 Å². The lowest BCUT2D eigenvalue weighted by Gasteiger charge is -2.54. The molecule has 4 aliphatic rings. The van der Waals surface area contributed by atoms with Gasteiger partial charge in [0.15, 0.2) is 0 Å². The first-order chi connectivity index (χ1) is 7.71. The van der Waals surface area contributed by atoms with E-state index < -0.39 is 0 Å². The molecule has 16 heavy (non-hydrogen) atoms. The third-order valence-corrected chi connectivity index (χ3v) is 5.06. The third kappa shape index (κ3) is 1.69. The Bertz CT molecular complexity index is 250. The van der Waals surface area contributed by atoms with Gasteiger partial charge in [0.1, 0.15) is 0 Å². The van der Waals surface area contributed by atoms with Gasteiger partial charge in [0.2, 0.25) is 0 Å². The van der Waals surface area contributed by atoms with E-state index in [1.165, 1.54) is 52.2 Å². The van der Waals surface area contributed by atoms with Gasteiger partial charge in [0, 0.05) is 39.3 Å². The summed E-state index contributed by atoms with van der Waals surface area (Å²) in [5.74, 6) is 1.88. The topological polar surface area (TPSA) is 18.5 Å². The van der Waals surface area contributed by atoms with Crippen LogP contribution in [-0.2, 0) is 0 Å². The highest BCUT2D eigenvalue weighted by atomic mass is 15.3. The Kier molecular flexibility index (Phi) is 2.73. The molecule has 4 bridgehead atoms. The molecule has 0 aliphatic carbocycles. The molecule has 4 aliphatic heterocycles. The summed E-state index contributed by atoms with van der Waals surface area (Å²) >= 11 is 0. The van der Waals surface area contributed by atoms with E-state index in [1.54, 1.807) is 0 Å². The summed E-state index contributed by atoms with van der Waals surface area (Å²) in [6.45, 7) is 11.8. The summed E-state index contributed by atoms with van der Waals surface area (Å²) in [6, 6.07) is 0. The summed E-state index contributed by atoms with van der Waals surface area (Å²) in [5, 5.41) is 3.33. The van der Waals surface area contributed by atoms with Gasteiger partial charge in [0.05, 0.1) is 0 Å². The minimum atomic E-state index is 0.564. The van der Waals surface area contributed by atoms with Crippen LogP contribution in [0.1, 0.15) is 13.3 Å². The predicted molar refractivity (Wildman–Crippen MR) is 66.5 cm³/mol. The van der Waals surface area contributed by atoms with E-state index in [-0.39, 0.29) is 0 Å². The minimum absolute atomic E-state index is 0.564. The Morgan fingerprint density at radius 1 is 1.19 bits per heavy atom. The lowest BCUT2D eigenvalue weighted by molar-refractivity contribution is -0.0497. The fraction of sp³-hybridized carbons (Fsp3) is 1.00. The average molecular weight is 223 g/mol. The highest BCUT2D eigenvalue weighted by Crippen LogP contribution is 2.46. The maximum atomic E-state index is 3.33. The summed E-state index contributed by atoms with van der Waals surface area (Å²) in [7, 11) is 2.08. The molecular formula is C13H25N3. The van der Waals surface area contributed by atoms with Crippen molar-refractivity contribution in [1.29, 1.82) is 0 Å². The predicted octanol–water partition coefficient (Wildman–Crippen LogP) is 0.479. The molecule has 3 unspecified atom stereocenters. The fourth-order valence-electron chi connectivity index (χ4n) is 4.49. The van der Waals surface area contributed by atoms with E-state index in [1.807, 2.05) is 0 Å². The van der Waals surface area contributed by atoms with Gasteiger partial charge in [-0.1, -0.05) is 6.92 Å². The van der Waals surface area contributed by atoms with Crippen molar-refractivity contribution in [2.75, 3.05) is 52.9 Å². The van der Waals surface area contributed by atoms with E-state index in [0.29, 0.717) is 5.41 Å². The Morgan fingerprint density at radius 3 is 2.31 bits per heavy atom. The molecule has 92 valence electrons. The number of nitrogens with zero attached hydrogens (tertiary/aromatic N) is 2. The van der Waals surface area contributed by atoms with Gasteiger partial charge >= 0.3 is 0 Å². The normalized spacial score (nSPS) is 50.6. The molecule has 3 atom stereocenters. The standard InChI is InChI=1S/C13H25N3/c1-13-9-15-5-6-16(10-13)8-11(7-15)12(13)3-4-14-2/h11-12,14H,3-10H2,1-2H3. The van der Waals surface area contributed by atoms with E-state index in [4.69, 9.17) is 0 Å². The highest BCUT2D eigenvalue weighted by Gasteiger charge is 2.50. The average Bonchev–Trinajstić information content (AvgIpc) is 2.45. The van der Waals surface area contributed by atoms with Crippen LogP contribution in [0.3, 0.4) is 0 Å². The van der Waals surface area contributed by atoms with Crippen molar-refractivity contribution in [2.24, 2.45) is 17.3 Å². The second-order valence-electron chi connectivity index (χ2n) is 6.38. The first-order valence-corrected chi connectivity index (χ1v) is 6.80. The lowest BCUT2D eigenvalue weighted by atomic mass is 9.63. The van der Waals surface area contributed by atoms with Crippen LogP contribution in [-0.4, -0.2) is 62.7 Å². The van der Waals surface area contributed by atoms with Crippen LogP contribution in [0.4, 0.5) is 0 Å². The molecule has 0 aromatic carbocycles. The molecule has 0 radical (unpaired) electrons. The molecule has 0 aromatic heterocycles. The quantitative estimate of drug-likeness (QED) is 0.751. The number of rotatable bonds is 3. The van der Waals surface area contributed by atoms with E-state index >= 15 is 0 Å². The maximum absolute atomic E-state index is 3.33. The summed E-state index contributed by atoms with van der Waals surface area (Å²) in [5.41, 5.74) is 0.564. The van der Waals surface area contributed by atoms with Gasteiger partial charge in [-0.15, -0.1) is 0 Å². The van der Waals surface area contributed by atoms with Crippen molar-refractivity contribution in [3.8, 4) is 0 Å². The van der Waals surface area contributed by atoms with Gasteiger partial charge in [0.25, 0.3) is 0 Å². The van der Waals surface area contributed by atoms with Crippen molar-refractivity contribution in [1.82, 2.24) is 15.1 Å². The van der Waals surface area contributed by atoms with Crippen molar-refractivity contribution in [2.45, 2.75) is 13.3 Å². The Hall–Kier alpha value is -0.120. The van der Waals surface area contributed by atoms with E-state index in [9.17, 15) is 0 Å². The molecule has 4 fully saturated rings. The van der Waals surface area contributed by atoms with Gasteiger partial charge in [-0.3, -0.25) is 0 Å². The molecular weight excluding hydrogens is 198 g/mol. The van der Waals surface area contributed by atoms with Crippen LogP contribution >= 0.6 is 0 Å². The summed E-state index contributed by atoms with van der Waals surface area (Å²) < 4.78 is 0. The van der Waals surface area contributed by atoms with Gasteiger partial charge in [-0.2, -0.15) is 0 Å². The zero-order chi connectivity index (χ0) is 11.2. The van der Waals surface area contributed by atoms with Crippen LogP contribution < -0.4 is 5.32 Å². The first-order valence-electron chi connectivity index (χ1n) is 6.80. The van der Waals surface area contributed by atoms with E-state index in [0.717, 1.165) is 11.8 Å². The van der Waals surface area contributed by atoms with Gasteiger partial charge in [-0.05, 0) is 37.3 Å². The molecule has 1 N–H and O–H groups in total. The molecule has 0 spiro atoms. The fourth-order valence-corrected chi connectivity index (χ4v) is 4.49. The zero-order valence-corrected chi connectivity index (χ0v) is 10.7. The zero-order valence-electron chi connectivity index (χ0n) is 10.7. The molecule has 0 saturated carbocycles. The Balaban J connectivity index is 1.81. The van der Waals surface area contributed by atoms with Crippen LogP contribution in [0, 0.1) is 17.3 Å². The molecule has 0 amide bonds. The third-order valence-electron chi connectivity index (χ3n) is 5.06. The number of hydrogen-bond donors (Lipinski definition) is 1. The van der Waals surface area contributed by atoms with Crippen molar-refractivity contribution in [3.63, 3.8) is 0 Å². The van der Waals surface area contributed by atoms with Crippen LogP contribution in [0.15, 0.2) is 0 Å². The SMILES string of the molecule is CNCCC1C2CN3CCN(C2)CC1(C)C3. The Morgan fingerprint density at radius 2 is 1.81 bits per heavy atom. The van der Waals surface area contributed by atoms with Crippen molar-refractivity contribution in [3.05, 3.63) is 0 Å². The number of hydrogen-bond acceptors (Lipinski definition) is 3.